The molecule has 0 spiro atoms. The fourth-order valence-corrected chi connectivity index (χ4v) is 2.44. The van der Waals surface area contributed by atoms with Gasteiger partial charge in [-0.2, -0.15) is 5.10 Å². The summed E-state index contributed by atoms with van der Waals surface area (Å²) in [5.74, 6) is 6.48. The van der Waals surface area contributed by atoms with Crippen LogP contribution in [0.5, 0.6) is 0 Å². The lowest BCUT2D eigenvalue weighted by Gasteiger charge is -2.15. The van der Waals surface area contributed by atoms with Crippen molar-refractivity contribution in [3.8, 4) is 0 Å². The summed E-state index contributed by atoms with van der Waals surface area (Å²) in [6.07, 6.45) is 2.30. The van der Waals surface area contributed by atoms with Crippen LogP contribution >= 0.6 is 11.6 Å². The molecule has 3 N–H and O–H groups in total. The molecule has 2 aromatic rings. The third-order valence-electron chi connectivity index (χ3n) is 3.27. The first-order chi connectivity index (χ1) is 9.08. The first-order valence-electron chi connectivity index (χ1n) is 6.30. The van der Waals surface area contributed by atoms with Crippen LogP contribution in [0.15, 0.2) is 16.7 Å². The first kappa shape index (κ1) is 14.1. The van der Waals surface area contributed by atoms with Gasteiger partial charge in [-0.05, 0) is 32.4 Å². The average Bonchev–Trinajstić information content (AvgIpc) is 2.93. The zero-order chi connectivity index (χ0) is 14.0. The Bertz CT molecular complexity index is 561. The zero-order valence-corrected chi connectivity index (χ0v) is 12.2. The van der Waals surface area contributed by atoms with E-state index in [0.717, 1.165) is 29.3 Å². The largest absolute Gasteiger partial charge is 0.467 e. The number of hydrogen-bond donors (Lipinski definition) is 2. The van der Waals surface area contributed by atoms with E-state index in [1.54, 1.807) is 6.26 Å². The summed E-state index contributed by atoms with van der Waals surface area (Å²) in [7, 11) is 0. The third-order valence-corrected chi connectivity index (χ3v) is 3.76. The highest BCUT2D eigenvalue weighted by Gasteiger charge is 2.21. The molecule has 0 aliphatic carbocycles. The van der Waals surface area contributed by atoms with Gasteiger partial charge in [0.2, 0.25) is 0 Å². The minimum atomic E-state index is -0.117. The van der Waals surface area contributed by atoms with E-state index in [1.807, 2.05) is 31.5 Å². The number of hydrazine groups is 1. The van der Waals surface area contributed by atoms with Gasteiger partial charge in [0.25, 0.3) is 0 Å². The van der Waals surface area contributed by atoms with Crippen LogP contribution in [-0.2, 0) is 13.0 Å². The predicted molar refractivity (Wildman–Crippen MR) is 74.9 cm³/mol. The predicted octanol–water partition coefficient (Wildman–Crippen LogP) is 2.51. The standard InChI is InChI=1S/C13H19ClN4O/c1-4-18-11(12(14)9(3)17-18)7-10(16-15)13-8(2)5-6-19-13/h5-6,10,16H,4,7,15H2,1-3H3. The van der Waals surface area contributed by atoms with Gasteiger partial charge in [-0.15, -0.1) is 0 Å². The first-order valence-corrected chi connectivity index (χ1v) is 6.68. The molecule has 0 saturated heterocycles. The average molecular weight is 283 g/mol. The molecule has 19 heavy (non-hydrogen) atoms. The van der Waals surface area contributed by atoms with E-state index in [0.29, 0.717) is 11.4 Å². The molecule has 0 bridgehead atoms. The van der Waals surface area contributed by atoms with Crippen molar-refractivity contribution in [3.05, 3.63) is 40.1 Å². The quantitative estimate of drug-likeness (QED) is 0.653. The van der Waals surface area contributed by atoms with Gasteiger partial charge < -0.3 is 4.42 Å². The summed E-state index contributed by atoms with van der Waals surface area (Å²) in [5.41, 5.74) is 5.67. The number of hydrogen-bond acceptors (Lipinski definition) is 4. The Kier molecular flexibility index (Phi) is 4.29. The van der Waals surface area contributed by atoms with Crippen molar-refractivity contribution < 1.29 is 4.42 Å². The van der Waals surface area contributed by atoms with E-state index in [9.17, 15) is 0 Å². The molecule has 5 nitrogen and oxygen atoms in total. The van der Waals surface area contributed by atoms with Crippen LogP contribution < -0.4 is 11.3 Å². The number of nitrogens with two attached hydrogens (primary N) is 1. The van der Waals surface area contributed by atoms with Gasteiger partial charge in [-0.1, -0.05) is 11.6 Å². The van der Waals surface area contributed by atoms with Gasteiger partial charge in [-0.25, -0.2) is 5.43 Å². The van der Waals surface area contributed by atoms with Crippen LogP contribution in [0.3, 0.4) is 0 Å². The molecule has 2 rings (SSSR count). The van der Waals surface area contributed by atoms with E-state index in [1.165, 1.54) is 0 Å². The van der Waals surface area contributed by atoms with Gasteiger partial charge in [-0.3, -0.25) is 10.5 Å². The molecular formula is C13H19ClN4O. The van der Waals surface area contributed by atoms with Crippen LogP contribution in [0, 0.1) is 13.8 Å². The highest BCUT2D eigenvalue weighted by Crippen LogP contribution is 2.27. The van der Waals surface area contributed by atoms with Crippen LogP contribution in [0.25, 0.3) is 0 Å². The molecule has 1 atom stereocenters. The van der Waals surface area contributed by atoms with Crippen molar-refractivity contribution in [2.24, 2.45) is 5.84 Å². The molecule has 0 aromatic carbocycles. The topological polar surface area (TPSA) is 69.0 Å². The summed E-state index contributed by atoms with van der Waals surface area (Å²) in [6, 6.07) is 1.80. The van der Waals surface area contributed by atoms with Crippen molar-refractivity contribution in [1.82, 2.24) is 15.2 Å². The van der Waals surface area contributed by atoms with E-state index in [2.05, 4.69) is 10.5 Å². The minimum absolute atomic E-state index is 0.117. The molecule has 0 aliphatic heterocycles. The Morgan fingerprint density at radius 2 is 2.26 bits per heavy atom. The Labute approximate surface area is 117 Å². The van der Waals surface area contributed by atoms with Crippen LogP contribution in [-0.4, -0.2) is 9.78 Å². The Morgan fingerprint density at radius 3 is 2.79 bits per heavy atom. The molecule has 6 heteroatoms. The number of halogens is 1. The van der Waals surface area contributed by atoms with Gasteiger partial charge in [0.1, 0.15) is 5.76 Å². The molecule has 2 heterocycles. The van der Waals surface area contributed by atoms with Crippen molar-refractivity contribution in [2.75, 3.05) is 0 Å². The number of nitrogens with zero attached hydrogens (tertiary/aromatic N) is 2. The number of nitrogens with one attached hydrogen (secondary N) is 1. The Hall–Kier alpha value is -1.30. The lowest BCUT2D eigenvalue weighted by molar-refractivity contribution is 0.405. The van der Waals surface area contributed by atoms with Crippen molar-refractivity contribution in [3.63, 3.8) is 0 Å². The van der Waals surface area contributed by atoms with E-state index in [4.69, 9.17) is 21.9 Å². The summed E-state index contributed by atoms with van der Waals surface area (Å²) in [6.45, 7) is 6.71. The second-order valence-electron chi connectivity index (χ2n) is 4.55. The van der Waals surface area contributed by atoms with Crippen LogP contribution in [0.2, 0.25) is 5.02 Å². The maximum absolute atomic E-state index is 6.31. The lowest BCUT2D eigenvalue weighted by Crippen LogP contribution is -2.30. The highest BCUT2D eigenvalue weighted by atomic mass is 35.5. The summed E-state index contributed by atoms with van der Waals surface area (Å²) < 4.78 is 7.40. The smallest absolute Gasteiger partial charge is 0.125 e. The maximum atomic E-state index is 6.31. The molecule has 0 fully saturated rings. The number of rotatable bonds is 5. The molecule has 104 valence electrons. The number of aromatic nitrogens is 2. The lowest BCUT2D eigenvalue weighted by atomic mass is 10.1. The fourth-order valence-electron chi connectivity index (χ4n) is 2.23. The second-order valence-corrected chi connectivity index (χ2v) is 4.93. The van der Waals surface area contributed by atoms with Crippen molar-refractivity contribution in [1.29, 1.82) is 0 Å². The minimum Gasteiger partial charge on any atom is -0.467 e. The number of aryl methyl sites for hydroxylation is 3. The molecule has 0 amide bonds. The van der Waals surface area contributed by atoms with Gasteiger partial charge >= 0.3 is 0 Å². The molecule has 0 aliphatic rings. The molecule has 2 aromatic heterocycles. The maximum Gasteiger partial charge on any atom is 0.125 e. The van der Waals surface area contributed by atoms with Crippen molar-refractivity contribution >= 4 is 11.6 Å². The molecular weight excluding hydrogens is 264 g/mol. The second kappa shape index (κ2) is 5.77. The van der Waals surface area contributed by atoms with E-state index < -0.39 is 0 Å². The summed E-state index contributed by atoms with van der Waals surface area (Å²) >= 11 is 6.31. The molecule has 1 unspecified atom stereocenters. The zero-order valence-electron chi connectivity index (χ0n) is 11.4. The Morgan fingerprint density at radius 1 is 1.53 bits per heavy atom. The van der Waals surface area contributed by atoms with E-state index in [-0.39, 0.29) is 6.04 Å². The van der Waals surface area contributed by atoms with Crippen LogP contribution in [0.1, 0.15) is 35.7 Å². The summed E-state index contributed by atoms with van der Waals surface area (Å²) in [4.78, 5) is 0. The van der Waals surface area contributed by atoms with Crippen LogP contribution in [0.4, 0.5) is 0 Å². The highest BCUT2D eigenvalue weighted by molar-refractivity contribution is 6.31. The summed E-state index contributed by atoms with van der Waals surface area (Å²) in [5, 5.41) is 5.11. The molecule has 0 saturated carbocycles. The van der Waals surface area contributed by atoms with Gasteiger partial charge in [0.15, 0.2) is 0 Å². The normalized spacial score (nSPS) is 12.9. The third kappa shape index (κ3) is 2.68. The number of furan rings is 1. The Balaban J connectivity index is 2.31. The van der Waals surface area contributed by atoms with Crippen molar-refractivity contribution in [2.45, 2.75) is 39.8 Å². The monoisotopic (exact) mass is 282 g/mol. The SMILES string of the molecule is CCn1nc(C)c(Cl)c1CC(NN)c1occc1C. The van der Waals surface area contributed by atoms with E-state index >= 15 is 0 Å². The van der Waals surface area contributed by atoms with Gasteiger partial charge in [0, 0.05) is 13.0 Å². The fraction of sp³-hybridized carbons (Fsp3) is 0.462. The molecule has 0 radical (unpaired) electrons. The van der Waals surface area contributed by atoms with Gasteiger partial charge in [0.05, 0.1) is 28.7 Å².